The van der Waals surface area contributed by atoms with Crippen molar-refractivity contribution in [2.75, 3.05) is 18.1 Å². The zero-order valence-corrected chi connectivity index (χ0v) is 14.5. The highest BCUT2D eigenvalue weighted by atomic mass is 35.5. The molecule has 25 heavy (non-hydrogen) atoms. The van der Waals surface area contributed by atoms with E-state index in [2.05, 4.69) is 4.98 Å². The Morgan fingerprint density at radius 3 is 2.88 bits per heavy atom. The molecule has 1 aromatic carbocycles. The number of thiazole rings is 1. The molecule has 2 heterocycles. The van der Waals surface area contributed by atoms with Crippen LogP contribution in [0.3, 0.4) is 0 Å². The average molecular weight is 381 g/mol. The number of carbonyl (C=O) groups excluding carboxylic acids is 2. The molecule has 1 aliphatic heterocycles. The maximum absolute atomic E-state index is 13.0. The fourth-order valence-electron chi connectivity index (χ4n) is 2.57. The van der Waals surface area contributed by atoms with E-state index in [1.807, 2.05) is 0 Å². The van der Waals surface area contributed by atoms with Gasteiger partial charge in [-0.25, -0.2) is 4.98 Å². The van der Waals surface area contributed by atoms with Crippen LogP contribution < -0.4 is 4.90 Å². The molecule has 8 nitrogen and oxygen atoms in total. The van der Waals surface area contributed by atoms with Crippen molar-refractivity contribution < 1.29 is 14.5 Å². The van der Waals surface area contributed by atoms with Crippen LogP contribution in [0, 0.1) is 10.1 Å². The summed E-state index contributed by atoms with van der Waals surface area (Å²) in [6.45, 7) is 0.528. The molecule has 2 aromatic rings. The Bertz CT molecular complexity index is 827. The Hall–Kier alpha value is -2.52. The minimum absolute atomic E-state index is 0.00511. The topological polar surface area (TPSA) is 96.7 Å². The number of halogens is 1. The van der Waals surface area contributed by atoms with E-state index in [-0.39, 0.29) is 28.8 Å². The van der Waals surface area contributed by atoms with Crippen LogP contribution in [0.1, 0.15) is 23.2 Å². The lowest BCUT2D eigenvalue weighted by atomic mass is 10.1. The molecular weight excluding hydrogens is 368 g/mol. The van der Waals surface area contributed by atoms with Crippen molar-refractivity contribution >= 4 is 45.6 Å². The summed E-state index contributed by atoms with van der Waals surface area (Å²) >= 11 is 7.13. The number of benzene rings is 1. The minimum Gasteiger partial charge on any atom is -0.324 e. The van der Waals surface area contributed by atoms with E-state index >= 15 is 0 Å². The molecule has 1 fully saturated rings. The highest BCUT2D eigenvalue weighted by Crippen LogP contribution is 2.28. The van der Waals surface area contributed by atoms with Gasteiger partial charge in [-0.05, 0) is 18.6 Å². The van der Waals surface area contributed by atoms with Crippen molar-refractivity contribution in [3.05, 3.63) is 50.5 Å². The van der Waals surface area contributed by atoms with Crippen LogP contribution in [0.4, 0.5) is 10.8 Å². The Labute approximate surface area is 151 Å². The van der Waals surface area contributed by atoms with E-state index in [0.29, 0.717) is 18.1 Å². The Kier molecular flexibility index (Phi) is 4.95. The third kappa shape index (κ3) is 3.62. The summed E-state index contributed by atoms with van der Waals surface area (Å²) < 4.78 is 0. The largest absolute Gasteiger partial charge is 0.324 e. The highest BCUT2D eigenvalue weighted by Gasteiger charge is 2.31. The normalized spacial score (nSPS) is 14.0. The maximum atomic E-state index is 13.0. The van der Waals surface area contributed by atoms with Gasteiger partial charge >= 0.3 is 0 Å². The van der Waals surface area contributed by atoms with Gasteiger partial charge in [0.25, 0.3) is 11.6 Å². The van der Waals surface area contributed by atoms with Gasteiger partial charge in [0, 0.05) is 35.6 Å². The smallest absolute Gasteiger partial charge is 0.282 e. The molecule has 0 saturated carbocycles. The van der Waals surface area contributed by atoms with E-state index in [9.17, 15) is 19.7 Å². The van der Waals surface area contributed by atoms with Crippen LogP contribution in [0.25, 0.3) is 0 Å². The van der Waals surface area contributed by atoms with E-state index < -0.39 is 10.8 Å². The van der Waals surface area contributed by atoms with E-state index in [1.54, 1.807) is 5.38 Å². The van der Waals surface area contributed by atoms with E-state index in [0.717, 1.165) is 6.42 Å². The van der Waals surface area contributed by atoms with E-state index in [4.69, 9.17) is 11.6 Å². The first-order valence-corrected chi connectivity index (χ1v) is 8.66. The lowest BCUT2D eigenvalue weighted by Gasteiger charge is -2.25. The number of nitrogens with zero attached hydrogens (tertiary/aromatic N) is 4. The molecule has 1 aromatic heterocycles. The first-order chi connectivity index (χ1) is 12.0. The molecule has 0 atom stereocenters. The molecule has 1 saturated heterocycles. The van der Waals surface area contributed by atoms with Crippen LogP contribution in [0.5, 0.6) is 0 Å². The standard InChI is InChI=1S/C15H13ClN4O4S/c16-10-3-4-12(20(23)24)11(8-10)14(22)19(15-17-5-7-25-15)9-18-6-1-2-13(18)21/h3-5,7-8H,1-2,6,9H2. The number of amides is 2. The summed E-state index contributed by atoms with van der Waals surface area (Å²) in [4.78, 5) is 42.5. The maximum Gasteiger partial charge on any atom is 0.282 e. The van der Waals surface area contributed by atoms with Gasteiger partial charge in [-0.3, -0.25) is 24.6 Å². The van der Waals surface area contributed by atoms with Crippen molar-refractivity contribution in [2.24, 2.45) is 0 Å². The molecular formula is C15H13ClN4O4S. The molecule has 10 heteroatoms. The number of hydrogen-bond acceptors (Lipinski definition) is 6. The zero-order valence-electron chi connectivity index (χ0n) is 12.9. The number of nitro groups is 1. The van der Waals surface area contributed by atoms with Crippen LogP contribution in [-0.2, 0) is 4.79 Å². The molecule has 0 bridgehead atoms. The van der Waals surface area contributed by atoms with Gasteiger partial charge < -0.3 is 4.90 Å². The van der Waals surface area contributed by atoms with Gasteiger partial charge in [-0.1, -0.05) is 11.6 Å². The predicted octanol–water partition coefficient (Wildman–Crippen LogP) is 2.93. The Balaban J connectivity index is 1.99. The average Bonchev–Trinajstić information content (AvgIpc) is 3.23. The first-order valence-electron chi connectivity index (χ1n) is 7.40. The lowest BCUT2D eigenvalue weighted by molar-refractivity contribution is -0.385. The second-order valence-electron chi connectivity index (χ2n) is 5.37. The number of anilines is 1. The second-order valence-corrected chi connectivity index (χ2v) is 6.68. The van der Waals surface area contributed by atoms with Crippen LogP contribution in [0.2, 0.25) is 5.02 Å². The van der Waals surface area contributed by atoms with Crippen molar-refractivity contribution in [3.8, 4) is 0 Å². The molecule has 0 radical (unpaired) electrons. The summed E-state index contributed by atoms with van der Waals surface area (Å²) in [6, 6.07) is 3.80. The lowest BCUT2D eigenvalue weighted by Crippen LogP contribution is -2.42. The number of hydrogen-bond donors (Lipinski definition) is 0. The van der Waals surface area contributed by atoms with Crippen LogP contribution in [0.15, 0.2) is 29.8 Å². The van der Waals surface area contributed by atoms with Gasteiger partial charge in [-0.2, -0.15) is 0 Å². The van der Waals surface area contributed by atoms with Gasteiger partial charge in [0.1, 0.15) is 12.2 Å². The molecule has 0 N–H and O–H groups in total. The zero-order chi connectivity index (χ0) is 18.0. The number of carbonyl (C=O) groups is 2. The van der Waals surface area contributed by atoms with Crippen molar-refractivity contribution in [1.82, 2.24) is 9.88 Å². The fourth-order valence-corrected chi connectivity index (χ4v) is 3.37. The first kappa shape index (κ1) is 17.3. The van der Waals surface area contributed by atoms with Gasteiger partial charge in [0.15, 0.2) is 5.13 Å². The summed E-state index contributed by atoms with van der Waals surface area (Å²) in [6.07, 6.45) is 2.67. The van der Waals surface area contributed by atoms with Crippen LogP contribution >= 0.6 is 22.9 Å². The molecule has 0 unspecified atom stereocenters. The van der Waals surface area contributed by atoms with Crippen molar-refractivity contribution in [3.63, 3.8) is 0 Å². The molecule has 1 aliphatic rings. The number of aromatic nitrogens is 1. The Morgan fingerprint density at radius 1 is 1.48 bits per heavy atom. The highest BCUT2D eigenvalue weighted by molar-refractivity contribution is 7.13. The van der Waals surface area contributed by atoms with Crippen molar-refractivity contribution in [1.29, 1.82) is 0 Å². The summed E-state index contributed by atoms with van der Waals surface area (Å²) in [5, 5.41) is 13.5. The number of likely N-dealkylation sites (tertiary alicyclic amines) is 1. The molecule has 0 spiro atoms. The molecule has 130 valence electrons. The number of rotatable bonds is 5. The fraction of sp³-hybridized carbons (Fsp3) is 0.267. The Morgan fingerprint density at radius 2 is 2.28 bits per heavy atom. The quantitative estimate of drug-likeness (QED) is 0.586. The third-order valence-corrected chi connectivity index (χ3v) is 4.79. The number of nitro benzene ring substituents is 1. The van der Waals surface area contributed by atoms with Gasteiger partial charge in [0.2, 0.25) is 5.91 Å². The molecule has 2 amide bonds. The van der Waals surface area contributed by atoms with E-state index in [1.165, 1.54) is 45.5 Å². The summed E-state index contributed by atoms with van der Waals surface area (Å²) in [5.74, 6) is -0.682. The van der Waals surface area contributed by atoms with Gasteiger partial charge in [-0.15, -0.1) is 11.3 Å². The monoisotopic (exact) mass is 380 g/mol. The van der Waals surface area contributed by atoms with Crippen molar-refractivity contribution in [2.45, 2.75) is 12.8 Å². The SMILES string of the molecule is O=C1CCCN1CN(C(=O)c1cc(Cl)ccc1[N+](=O)[O-])c1nccs1. The van der Waals surface area contributed by atoms with Gasteiger partial charge in [0.05, 0.1) is 4.92 Å². The summed E-state index contributed by atoms with van der Waals surface area (Å²) in [5.41, 5.74) is -0.483. The third-order valence-electron chi connectivity index (χ3n) is 3.76. The molecule has 0 aliphatic carbocycles. The van der Waals surface area contributed by atoms with Crippen LogP contribution in [-0.4, -0.2) is 39.8 Å². The summed E-state index contributed by atoms with van der Waals surface area (Å²) in [7, 11) is 0. The minimum atomic E-state index is -0.634. The molecule has 3 rings (SSSR count). The second kappa shape index (κ2) is 7.16. The predicted molar refractivity (Wildman–Crippen MR) is 92.8 cm³/mol.